The van der Waals surface area contributed by atoms with Crippen LogP contribution in [0.25, 0.3) is 0 Å². The summed E-state index contributed by atoms with van der Waals surface area (Å²) in [5.41, 5.74) is 2.02. The Morgan fingerprint density at radius 3 is 2.74 bits per heavy atom. The monoisotopic (exact) mass is 260 g/mol. The molecule has 2 unspecified atom stereocenters. The van der Waals surface area contributed by atoms with Crippen LogP contribution in [0.1, 0.15) is 36.4 Å². The lowest BCUT2D eigenvalue weighted by Crippen LogP contribution is -2.51. The van der Waals surface area contributed by atoms with Crippen LogP contribution in [0.3, 0.4) is 0 Å². The van der Waals surface area contributed by atoms with Gasteiger partial charge in [-0.25, -0.2) is 0 Å². The minimum Gasteiger partial charge on any atom is -0.508 e. The Hall–Kier alpha value is -1.88. The van der Waals surface area contributed by atoms with Gasteiger partial charge in [-0.3, -0.25) is 20.2 Å². The van der Waals surface area contributed by atoms with Crippen LogP contribution in [-0.4, -0.2) is 23.0 Å². The smallest absolute Gasteiger partial charge is 0.243 e. The van der Waals surface area contributed by atoms with Gasteiger partial charge >= 0.3 is 0 Å². The summed E-state index contributed by atoms with van der Waals surface area (Å²) in [6.45, 7) is 0. The Labute approximate surface area is 111 Å². The van der Waals surface area contributed by atoms with Crippen LogP contribution in [0.5, 0.6) is 5.75 Å². The van der Waals surface area contributed by atoms with Gasteiger partial charge in [0.25, 0.3) is 0 Å². The van der Waals surface area contributed by atoms with Crippen molar-refractivity contribution in [2.24, 2.45) is 0 Å². The molecule has 1 aromatic carbocycles. The van der Waals surface area contributed by atoms with Gasteiger partial charge in [-0.1, -0.05) is 12.1 Å². The molecule has 3 rings (SSSR count). The van der Waals surface area contributed by atoms with E-state index >= 15 is 0 Å². The van der Waals surface area contributed by atoms with Crippen LogP contribution in [0.2, 0.25) is 0 Å². The first-order chi connectivity index (χ1) is 9.15. The number of hydrogen-bond donors (Lipinski definition) is 3. The average molecular weight is 260 g/mol. The third-order valence-corrected chi connectivity index (χ3v) is 3.89. The van der Waals surface area contributed by atoms with Gasteiger partial charge in [0.05, 0.1) is 6.04 Å². The van der Waals surface area contributed by atoms with Crippen molar-refractivity contribution >= 4 is 11.8 Å². The highest BCUT2D eigenvalue weighted by atomic mass is 16.3. The molecule has 100 valence electrons. The number of phenolic OH excluding ortho intramolecular Hbond substituents is 1. The van der Waals surface area contributed by atoms with Crippen molar-refractivity contribution in [1.82, 2.24) is 10.6 Å². The van der Waals surface area contributed by atoms with Crippen molar-refractivity contribution < 1.29 is 14.7 Å². The van der Waals surface area contributed by atoms with E-state index in [0.29, 0.717) is 18.6 Å². The number of rotatable bonds is 2. The normalized spacial score (nSPS) is 26.1. The molecule has 1 aliphatic carbocycles. The van der Waals surface area contributed by atoms with E-state index in [9.17, 15) is 14.7 Å². The number of hydrogen-bond acceptors (Lipinski definition) is 4. The number of imide groups is 1. The van der Waals surface area contributed by atoms with Crippen LogP contribution < -0.4 is 10.6 Å². The predicted octanol–water partition coefficient (Wildman–Crippen LogP) is 0.774. The van der Waals surface area contributed by atoms with Crippen molar-refractivity contribution in [1.29, 1.82) is 0 Å². The molecule has 0 saturated carbocycles. The molecule has 1 saturated heterocycles. The SMILES string of the molecule is O=C1CCC(NC2CCc3c(O)cccc32)C(=O)N1. The molecule has 1 aliphatic heterocycles. The lowest BCUT2D eigenvalue weighted by molar-refractivity contribution is -0.134. The summed E-state index contributed by atoms with van der Waals surface area (Å²) in [4.78, 5) is 22.8. The van der Waals surface area contributed by atoms with Gasteiger partial charge in [-0.15, -0.1) is 0 Å². The first kappa shape index (κ1) is 12.2. The van der Waals surface area contributed by atoms with Crippen LogP contribution >= 0.6 is 0 Å². The van der Waals surface area contributed by atoms with E-state index in [1.54, 1.807) is 6.07 Å². The molecule has 1 aromatic rings. The Morgan fingerprint density at radius 1 is 1.16 bits per heavy atom. The first-order valence-corrected chi connectivity index (χ1v) is 6.55. The van der Waals surface area contributed by atoms with Crippen LogP contribution in [0.4, 0.5) is 0 Å². The molecule has 0 radical (unpaired) electrons. The van der Waals surface area contributed by atoms with Crippen LogP contribution in [0, 0.1) is 0 Å². The van der Waals surface area contributed by atoms with Gasteiger partial charge in [0.1, 0.15) is 5.75 Å². The Balaban J connectivity index is 1.75. The van der Waals surface area contributed by atoms with E-state index in [4.69, 9.17) is 0 Å². The standard InChI is InChI=1S/C14H16N2O3/c17-12-3-1-2-8-9(12)4-5-10(8)15-11-6-7-13(18)16-14(11)19/h1-3,10-11,15,17H,4-7H2,(H,16,18,19). The van der Waals surface area contributed by atoms with Gasteiger partial charge in [0, 0.05) is 12.5 Å². The summed E-state index contributed by atoms with van der Waals surface area (Å²) < 4.78 is 0. The highest BCUT2D eigenvalue weighted by Gasteiger charge is 2.32. The maximum atomic E-state index is 11.7. The van der Waals surface area contributed by atoms with Crippen molar-refractivity contribution in [3.63, 3.8) is 0 Å². The van der Waals surface area contributed by atoms with Crippen molar-refractivity contribution in [2.45, 2.75) is 37.8 Å². The summed E-state index contributed by atoms with van der Waals surface area (Å²) in [6.07, 6.45) is 2.59. The fourth-order valence-corrected chi connectivity index (χ4v) is 2.90. The minimum absolute atomic E-state index is 0.0750. The summed E-state index contributed by atoms with van der Waals surface area (Å²) in [7, 11) is 0. The largest absolute Gasteiger partial charge is 0.508 e. The first-order valence-electron chi connectivity index (χ1n) is 6.55. The van der Waals surface area contributed by atoms with Crippen molar-refractivity contribution in [3.8, 4) is 5.75 Å². The third kappa shape index (κ3) is 2.21. The number of benzene rings is 1. The molecule has 0 spiro atoms. The molecule has 5 heteroatoms. The fraction of sp³-hybridized carbons (Fsp3) is 0.429. The molecule has 1 fully saturated rings. The number of fused-ring (bicyclic) bond motifs is 1. The molecule has 0 bridgehead atoms. The van der Waals surface area contributed by atoms with Crippen molar-refractivity contribution in [3.05, 3.63) is 29.3 Å². The zero-order valence-corrected chi connectivity index (χ0v) is 10.5. The number of amides is 2. The topological polar surface area (TPSA) is 78.4 Å². The minimum atomic E-state index is -0.323. The molecule has 5 nitrogen and oxygen atoms in total. The highest BCUT2D eigenvalue weighted by molar-refractivity contribution is 6.00. The second kappa shape index (κ2) is 4.66. The second-order valence-corrected chi connectivity index (χ2v) is 5.11. The van der Waals surface area contributed by atoms with Gasteiger partial charge in [0.15, 0.2) is 0 Å². The molecule has 3 N–H and O–H groups in total. The fourth-order valence-electron chi connectivity index (χ4n) is 2.90. The molecule has 1 heterocycles. The molecular formula is C14H16N2O3. The quantitative estimate of drug-likeness (QED) is 0.686. The molecule has 2 amide bonds. The maximum absolute atomic E-state index is 11.7. The third-order valence-electron chi connectivity index (χ3n) is 3.89. The predicted molar refractivity (Wildman–Crippen MR) is 68.5 cm³/mol. The second-order valence-electron chi connectivity index (χ2n) is 5.11. The number of carbonyl (C=O) groups excluding carboxylic acids is 2. The zero-order chi connectivity index (χ0) is 13.4. The number of nitrogens with one attached hydrogen (secondary N) is 2. The van der Waals surface area contributed by atoms with Crippen molar-refractivity contribution in [2.75, 3.05) is 0 Å². The number of carbonyl (C=O) groups is 2. The van der Waals surface area contributed by atoms with E-state index in [-0.39, 0.29) is 23.9 Å². The molecule has 2 atom stereocenters. The maximum Gasteiger partial charge on any atom is 0.243 e. The summed E-state index contributed by atoms with van der Waals surface area (Å²) in [6, 6.07) is 5.24. The lowest BCUT2D eigenvalue weighted by Gasteiger charge is -2.25. The lowest BCUT2D eigenvalue weighted by atomic mass is 10.0. The van der Waals surface area contributed by atoms with Gasteiger partial charge in [0.2, 0.25) is 11.8 Å². The number of aromatic hydroxyl groups is 1. The van der Waals surface area contributed by atoms with E-state index in [1.807, 2.05) is 12.1 Å². The molecule has 0 aromatic heterocycles. The van der Waals surface area contributed by atoms with Crippen LogP contribution in [0.15, 0.2) is 18.2 Å². The summed E-state index contributed by atoms with van der Waals surface area (Å²) in [5, 5.41) is 15.4. The Bertz CT molecular complexity index is 541. The van der Waals surface area contributed by atoms with Gasteiger partial charge in [-0.2, -0.15) is 0 Å². The molecule has 2 aliphatic rings. The number of piperidine rings is 1. The number of phenols is 1. The van der Waals surface area contributed by atoms with E-state index < -0.39 is 0 Å². The molecule has 19 heavy (non-hydrogen) atoms. The van der Waals surface area contributed by atoms with Gasteiger partial charge in [-0.05, 0) is 36.5 Å². The average Bonchev–Trinajstić information content (AvgIpc) is 2.78. The van der Waals surface area contributed by atoms with E-state index in [1.165, 1.54) is 0 Å². The zero-order valence-electron chi connectivity index (χ0n) is 10.5. The summed E-state index contributed by atoms with van der Waals surface area (Å²) in [5.74, 6) is -0.123. The Morgan fingerprint density at radius 2 is 1.95 bits per heavy atom. The van der Waals surface area contributed by atoms with E-state index in [0.717, 1.165) is 24.0 Å². The highest BCUT2D eigenvalue weighted by Crippen LogP contribution is 2.36. The van der Waals surface area contributed by atoms with Gasteiger partial charge < -0.3 is 5.11 Å². The Kier molecular flexibility index (Phi) is 2.98. The van der Waals surface area contributed by atoms with E-state index in [2.05, 4.69) is 10.6 Å². The molecular weight excluding hydrogens is 244 g/mol. The summed E-state index contributed by atoms with van der Waals surface area (Å²) >= 11 is 0. The van der Waals surface area contributed by atoms with Crippen LogP contribution in [-0.2, 0) is 16.0 Å².